The number of pyridine rings is 1. The van der Waals surface area contributed by atoms with Crippen LogP contribution in [0.3, 0.4) is 0 Å². The number of aromatic hydroxyl groups is 1. The van der Waals surface area contributed by atoms with Crippen molar-refractivity contribution in [2.75, 3.05) is 4.90 Å². The van der Waals surface area contributed by atoms with Crippen molar-refractivity contribution < 1.29 is 14.4 Å². The number of hydrogen-bond acceptors (Lipinski definition) is 6. The molecule has 1 aliphatic heterocycles. The molecule has 8 nitrogen and oxygen atoms in total. The molecule has 1 fully saturated rings. The van der Waals surface area contributed by atoms with E-state index in [9.17, 15) is 15.2 Å². The number of phenols is 1. The number of anilines is 1. The summed E-state index contributed by atoms with van der Waals surface area (Å²) in [5.74, 6) is 1.14. The van der Waals surface area contributed by atoms with Gasteiger partial charge in [0.05, 0.1) is 22.3 Å². The monoisotopic (exact) mass is 458 g/mol. The van der Waals surface area contributed by atoms with Crippen LogP contribution in [-0.4, -0.2) is 20.1 Å². The number of phenolic OH excluding ortho intramolecular Hbond substituents is 1. The first kappa shape index (κ1) is 20.7. The van der Waals surface area contributed by atoms with Crippen LogP contribution in [0.25, 0.3) is 11.3 Å². The number of hydrogen-bond donors (Lipinski definition) is 2. The van der Waals surface area contributed by atoms with Crippen LogP contribution in [0.15, 0.2) is 89.5 Å². The van der Waals surface area contributed by atoms with Gasteiger partial charge in [0, 0.05) is 23.9 Å². The molecule has 0 amide bonds. The highest BCUT2D eigenvalue weighted by Gasteiger charge is 2.43. The maximum atomic E-state index is 11.2. The van der Waals surface area contributed by atoms with Crippen LogP contribution in [0.2, 0.25) is 0 Å². The van der Waals surface area contributed by atoms with E-state index in [-0.39, 0.29) is 17.5 Å². The third-order valence-corrected chi connectivity index (χ3v) is 5.81. The zero-order chi connectivity index (χ0) is 22.9. The van der Waals surface area contributed by atoms with Gasteiger partial charge in [-0.15, -0.1) is 0 Å². The Morgan fingerprint density at radius 2 is 1.88 bits per heavy atom. The van der Waals surface area contributed by atoms with Gasteiger partial charge in [-0.1, -0.05) is 30.3 Å². The van der Waals surface area contributed by atoms with Crippen molar-refractivity contribution in [3.05, 3.63) is 107 Å². The fourth-order valence-electron chi connectivity index (χ4n) is 4.01. The van der Waals surface area contributed by atoms with Crippen LogP contribution in [-0.2, 0) is 0 Å². The Labute approximate surface area is 194 Å². The lowest BCUT2D eigenvalue weighted by Gasteiger charge is -2.26. The highest BCUT2D eigenvalue weighted by Crippen LogP contribution is 2.45. The summed E-state index contributed by atoms with van der Waals surface area (Å²) in [6.07, 6.45) is 1.70. The standard InChI is InChI=1S/C24H18N4O4S/c29-19-10-2-1-9-18(19)27-23(22(26-24(27)33)17-8-3-4-13-25-17)21-12-11-20(32-21)15-6-5-7-16(14-15)28(30)31/h1-14,22-23,29H,(H,26,33)/t22-,23+/m0/s1. The second-order valence-electron chi connectivity index (χ2n) is 7.49. The number of aromatic nitrogens is 1. The Morgan fingerprint density at radius 1 is 1.06 bits per heavy atom. The summed E-state index contributed by atoms with van der Waals surface area (Å²) in [4.78, 5) is 17.0. The molecule has 1 saturated heterocycles. The van der Waals surface area contributed by atoms with E-state index in [1.165, 1.54) is 12.1 Å². The number of rotatable bonds is 5. The summed E-state index contributed by atoms with van der Waals surface area (Å²) < 4.78 is 6.21. The van der Waals surface area contributed by atoms with Crippen LogP contribution >= 0.6 is 12.2 Å². The molecular formula is C24H18N4O4S. The van der Waals surface area contributed by atoms with E-state index in [2.05, 4.69) is 10.3 Å². The average molecular weight is 458 g/mol. The second kappa shape index (κ2) is 8.36. The molecule has 4 aromatic rings. The van der Waals surface area contributed by atoms with Crippen molar-refractivity contribution in [3.63, 3.8) is 0 Å². The van der Waals surface area contributed by atoms with E-state index in [1.807, 2.05) is 30.3 Å². The van der Waals surface area contributed by atoms with Crippen LogP contribution in [0, 0.1) is 10.1 Å². The van der Waals surface area contributed by atoms with E-state index in [4.69, 9.17) is 16.6 Å². The third-order valence-electron chi connectivity index (χ3n) is 5.50. The molecule has 1 aliphatic rings. The number of nitrogens with zero attached hydrogens (tertiary/aromatic N) is 3. The number of para-hydroxylation sites is 2. The van der Waals surface area contributed by atoms with Gasteiger partial charge < -0.3 is 19.7 Å². The molecule has 3 heterocycles. The van der Waals surface area contributed by atoms with Crippen LogP contribution in [0.1, 0.15) is 23.5 Å². The minimum Gasteiger partial charge on any atom is -0.506 e. The smallest absolute Gasteiger partial charge is 0.270 e. The Hall–Kier alpha value is -4.24. The zero-order valence-corrected chi connectivity index (χ0v) is 18.0. The normalized spacial score (nSPS) is 17.7. The maximum Gasteiger partial charge on any atom is 0.270 e. The fourth-order valence-corrected chi connectivity index (χ4v) is 4.35. The van der Waals surface area contributed by atoms with Crippen LogP contribution in [0.4, 0.5) is 11.4 Å². The molecular weight excluding hydrogens is 440 g/mol. The van der Waals surface area contributed by atoms with Gasteiger partial charge in [-0.05, 0) is 48.6 Å². The molecule has 9 heteroatoms. The van der Waals surface area contributed by atoms with E-state index in [0.29, 0.717) is 27.9 Å². The van der Waals surface area contributed by atoms with Gasteiger partial charge in [0.25, 0.3) is 5.69 Å². The molecule has 0 radical (unpaired) electrons. The van der Waals surface area contributed by atoms with Gasteiger partial charge in [0.1, 0.15) is 23.3 Å². The van der Waals surface area contributed by atoms with E-state index in [0.717, 1.165) is 5.69 Å². The third kappa shape index (κ3) is 3.79. The maximum absolute atomic E-state index is 11.2. The lowest BCUT2D eigenvalue weighted by molar-refractivity contribution is -0.384. The topological polar surface area (TPSA) is 105 Å². The summed E-state index contributed by atoms with van der Waals surface area (Å²) in [7, 11) is 0. The fraction of sp³-hybridized carbons (Fsp3) is 0.0833. The van der Waals surface area contributed by atoms with Gasteiger partial charge in [0.2, 0.25) is 0 Å². The summed E-state index contributed by atoms with van der Waals surface area (Å²) in [5.41, 5.74) is 1.87. The SMILES string of the molecule is O=[N+]([O-])c1cccc(-c2ccc([C@@H]3[C@H](c4ccccn4)NC(=S)N3c3ccccc3O)o2)c1. The number of nitro benzene ring substituents is 1. The van der Waals surface area contributed by atoms with Gasteiger partial charge in [-0.3, -0.25) is 15.1 Å². The van der Waals surface area contributed by atoms with Crippen LogP contribution < -0.4 is 10.2 Å². The Balaban J connectivity index is 1.60. The summed E-state index contributed by atoms with van der Waals surface area (Å²) in [5, 5.41) is 25.4. The average Bonchev–Trinajstić information content (AvgIpc) is 3.45. The van der Waals surface area contributed by atoms with Gasteiger partial charge in [0.15, 0.2) is 5.11 Å². The lowest BCUT2D eigenvalue weighted by atomic mass is 10.0. The molecule has 164 valence electrons. The molecule has 5 rings (SSSR count). The van der Waals surface area contributed by atoms with Crippen molar-refractivity contribution in [1.29, 1.82) is 0 Å². The molecule has 0 unspecified atom stereocenters. The quantitative estimate of drug-likeness (QED) is 0.241. The number of benzene rings is 2. The Kier molecular flexibility index (Phi) is 5.23. The summed E-state index contributed by atoms with van der Waals surface area (Å²) in [6, 6.07) is 21.6. The molecule has 0 aliphatic carbocycles. The number of non-ortho nitro benzene ring substituents is 1. The van der Waals surface area contributed by atoms with E-state index in [1.54, 1.807) is 47.5 Å². The Bertz CT molecular complexity index is 1340. The van der Waals surface area contributed by atoms with Crippen molar-refractivity contribution in [1.82, 2.24) is 10.3 Å². The molecule has 0 spiro atoms. The minimum atomic E-state index is -0.451. The molecule has 2 N–H and O–H groups in total. The lowest BCUT2D eigenvalue weighted by Crippen LogP contribution is -2.29. The van der Waals surface area contributed by atoms with E-state index >= 15 is 0 Å². The van der Waals surface area contributed by atoms with Crippen molar-refractivity contribution in [3.8, 4) is 17.1 Å². The molecule has 0 bridgehead atoms. The number of nitrogens with one attached hydrogen (secondary N) is 1. The van der Waals surface area contributed by atoms with Gasteiger partial charge >= 0.3 is 0 Å². The van der Waals surface area contributed by atoms with Crippen molar-refractivity contribution in [2.45, 2.75) is 12.1 Å². The molecule has 33 heavy (non-hydrogen) atoms. The first-order valence-corrected chi connectivity index (χ1v) is 10.6. The number of thiocarbonyl (C=S) groups is 1. The van der Waals surface area contributed by atoms with Crippen molar-refractivity contribution in [2.24, 2.45) is 0 Å². The zero-order valence-electron chi connectivity index (χ0n) is 17.2. The first-order chi connectivity index (χ1) is 16.0. The predicted octanol–water partition coefficient (Wildman–Crippen LogP) is 5.13. The predicted molar refractivity (Wildman–Crippen MR) is 127 cm³/mol. The number of furan rings is 1. The summed E-state index contributed by atoms with van der Waals surface area (Å²) in [6.45, 7) is 0. The summed E-state index contributed by atoms with van der Waals surface area (Å²) >= 11 is 5.64. The van der Waals surface area contributed by atoms with Crippen LogP contribution in [0.5, 0.6) is 5.75 Å². The largest absolute Gasteiger partial charge is 0.506 e. The molecule has 2 atom stereocenters. The highest BCUT2D eigenvalue weighted by molar-refractivity contribution is 7.80. The second-order valence-corrected chi connectivity index (χ2v) is 7.88. The molecule has 2 aromatic heterocycles. The van der Waals surface area contributed by atoms with Gasteiger partial charge in [-0.2, -0.15) is 0 Å². The number of nitro groups is 1. The first-order valence-electron chi connectivity index (χ1n) is 10.2. The van der Waals surface area contributed by atoms with Crippen molar-refractivity contribution >= 4 is 28.7 Å². The molecule has 2 aromatic carbocycles. The highest BCUT2D eigenvalue weighted by atomic mass is 32.1. The van der Waals surface area contributed by atoms with E-state index < -0.39 is 11.0 Å². The Morgan fingerprint density at radius 3 is 2.64 bits per heavy atom. The minimum absolute atomic E-state index is 0.0173. The molecule has 0 saturated carbocycles. The van der Waals surface area contributed by atoms with Gasteiger partial charge in [-0.25, -0.2) is 0 Å².